The molecule has 0 amide bonds. The summed E-state index contributed by atoms with van der Waals surface area (Å²) < 4.78 is 6.10. The Kier molecular flexibility index (Phi) is 1.99. The largest absolute Gasteiger partial charge is 0.475 e. The topological polar surface area (TPSA) is 50.4 Å². The maximum Gasteiger partial charge on any atom is 0.371 e. The van der Waals surface area contributed by atoms with Crippen LogP contribution in [0.1, 0.15) is 10.6 Å². The summed E-state index contributed by atoms with van der Waals surface area (Å²) in [6, 6.07) is 7.03. The summed E-state index contributed by atoms with van der Waals surface area (Å²) in [6.45, 7) is 0. The standard InChI is InChI=1S/C9H5IO3/c10-6-2-1-3-7-5(6)4-8(13-7)9(11)12/h1-4H,(H,11,12). The second-order valence-corrected chi connectivity index (χ2v) is 3.73. The molecular weight excluding hydrogens is 283 g/mol. The summed E-state index contributed by atoms with van der Waals surface area (Å²) in [7, 11) is 0. The number of fused-ring (bicyclic) bond motifs is 1. The van der Waals surface area contributed by atoms with Gasteiger partial charge in [-0.3, -0.25) is 0 Å². The molecule has 0 bridgehead atoms. The molecule has 0 aliphatic rings. The minimum atomic E-state index is -1.04. The molecule has 4 heteroatoms. The molecular formula is C9H5IO3. The van der Waals surface area contributed by atoms with E-state index in [1.54, 1.807) is 12.1 Å². The number of carboxylic acids is 1. The third kappa shape index (κ3) is 1.41. The second kappa shape index (κ2) is 3.02. The molecule has 1 N–H and O–H groups in total. The normalized spacial score (nSPS) is 10.5. The lowest BCUT2D eigenvalue weighted by Gasteiger charge is -1.88. The molecule has 13 heavy (non-hydrogen) atoms. The van der Waals surface area contributed by atoms with Crippen LogP contribution in [0.2, 0.25) is 0 Å². The highest BCUT2D eigenvalue weighted by molar-refractivity contribution is 14.1. The molecule has 0 radical (unpaired) electrons. The van der Waals surface area contributed by atoms with Gasteiger partial charge in [-0.2, -0.15) is 0 Å². The van der Waals surface area contributed by atoms with Crippen LogP contribution in [0.25, 0.3) is 11.0 Å². The zero-order valence-electron chi connectivity index (χ0n) is 6.45. The van der Waals surface area contributed by atoms with Crippen molar-refractivity contribution >= 4 is 39.5 Å². The van der Waals surface area contributed by atoms with Crippen LogP contribution in [0.15, 0.2) is 28.7 Å². The number of benzene rings is 1. The number of furan rings is 1. The maximum atomic E-state index is 10.6. The van der Waals surface area contributed by atoms with Gasteiger partial charge in [0.2, 0.25) is 5.76 Å². The molecule has 0 aliphatic heterocycles. The number of rotatable bonds is 1. The van der Waals surface area contributed by atoms with Crippen molar-refractivity contribution in [3.05, 3.63) is 33.6 Å². The third-order valence-electron chi connectivity index (χ3n) is 1.72. The number of carbonyl (C=O) groups is 1. The third-order valence-corrected chi connectivity index (χ3v) is 2.66. The first-order valence-corrected chi connectivity index (χ1v) is 4.68. The summed E-state index contributed by atoms with van der Waals surface area (Å²) in [5.74, 6) is -1.05. The zero-order chi connectivity index (χ0) is 9.42. The van der Waals surface area contributed by atoms with E-state index in [0.717, 1.165) is 8.96 Å². The molecule has 0 aliphatic carbocycles. The van der Waals surface area contributed by atoms with Crippen molar-refractivity contribution in [3.63, 3.8) is 0 Å². The molecule has 0 spiro atoms. The van der Waals surface area contributed by atoms with Gasteiger partial charge in [0.1, 0.15) is 5.58 Å². The monoisotopic (exact) mass is 288 g/mol. The molecule has 0 fully saturated rings. The Labute approximate surface area is 87.5 Å². The highest BCUT2D eigenvalue weighted by atomic mass is 127. The Bertz CT molecular complexity index is 473. The lowest BCUT2D eigenvalue weighted by atomic mass is 10.2. The van der Waals surface area contributed by atoms with Crippen LogP contribution in [-0.4, -0.2) is 11.1 Å². The van der Waals surface area contributed by atoms with Crippen molar-refractivity contribution in [1.29, 1.82) is 0 Å². The number of hydrogen-bond acceptors (Lipinski definition) is 2. The molecule has 1 aromatic heterocycles. The minimum Gasteiger partial charge on any atom is -0.475 e. The molecule has 0 atom stereocenters. The van der Waals surface area contributed by atoms with Gasteiger partial charge in [-0.05, 0) is 34.7 Å². The lowest BCUT2D eigenvalue weighted by molar-refractivity contribution is 0.0665. The maximum absolute atomic E-state index is 10.6. The van der Waals surface area contributed by atoms with E-state index in [4.69, 9.17) is 9.52 Å². The van der Waals surface area contributed by atoms with Crippen molar-refractivity contribution in [3.8, 4) is 0 Å². The summed E-state index contributed by atoms with van der Waals surface area (Å²) >= 11 is 2.14. The van der Waals surface area contributed by atoms with Crippen LogP contribution in [0, 0.1) is 3.57 Å². The van der Waals surface area contributed by atoms with Gasteiger partial charge in [-0.25, -0.2) is 4.79 Å². The Balaban J connectivity index is 2.75. The molecule has 66 valence electrons. The van der Waals surface area contributed by atoms with Crippen molar-refractivity contribution in [2.45, 2.75) is 0 Å². The molecule has 1 aromatic carbocycles. The zero-order valence-corrected chi connectivity index (χ0v) is 8.61. The SMILES string of the molecule is O=C(O)c1cc2c(I)cccc2o1. The fourth-order valence-electron chi connectivity index (χ4n) is 1.13. The highest BCUT2D eigenvalue weighted by Gasteiger charge is 2.11. The van der Waals surface area contributed by atoms with Crippen molar-refractivity contribution in [2.75, 3.05) is 0 Å². The van der Waals surface area contributed by atoms with Gasteiger partial charge >= 0.3 is 5.97 Å². The van der Waals surface area contributed by atoms with Gasteiger partial charge in [0.05, 0.1) is 0 Å². The van der Waals surface area contributed by atoms with Crippen LogP contribution in [0.3, 0.4) is 0 Å². The molecule has 2 aromatic rings. The summed E-state index contributed by atoms with van der Waals surface area (Å²) in [4.78, 5) is 10.6. The molecule has 0 saturated carbocycles. The van der Waals surface area contributed by atoms with E-state index in [-0.39, 0.29) is 5.76 Å². The Morgan fingerprint density at radius 3 is 2.85 bits per heavy atom. The molecule has 1 heterocycles. The average molecular weight is 288 g/mol. The summed E-state index contributed by atoms with van der Waals surface area (Å²) in [5.41, 5.74) is 0.615. The van der Waals surface area contributed by atoms with Gasteiger partial charge in [0.15, 0.2) is 0 Å². The van der Waals surface area contributed by atoms with Gasteiger partial charge in [0.25, 0.3) is 0 Å². The lowest BCUT2D eigenvalue weighted by Crippen LogP contribution is -1.91. The van der Waals surface area contributed by atoms with E-state index in [2.05, 4.69) is 22.6 Å². The molecule has 2 rings (SSSR count). The van der Waals surface area contributed by atoms with E-state index in [0.29, 0.717) is 5.58 Å². The van der Waals surface area contributed by atoms with Gasteiger partial charge in [-0.1, -0.05) is 6.07 Å². The molecule has 3 nitrogen and oxygen atoms in total. The van der Waals surface area contributed by atoms with Crippen molar-refractivity contribution in [1.82, 2.24) is 0 Å². The Morgan fingerprint density at radius 1 is 1.46 bits per heavy atom. The molecule has 0 unspecified atom stereocenters. The second-order valence-electron chi connectivity index (χ2n) is 2.57. The summed E-state index contributed by atoms with van der Waals surface area (Å²) in [6.07, 6.45) is 0. The van der Waals surface area contributed by atoms with Crippen LogP contribution in [0.4, 0.5) is 0 Å². The molecule has 0 saturated heterocycles. The van der Waals surface area contributed by atoms with E-state index >= 15 is 0 Å². The van der Waals surface area contributed by atoms with E-state index in [9.17, 15) is 4.79 Å². The number of carboxylic acid groups (broad SMARTS) is 1. The average Bonchev–Trinajstić information content (AvgIpc) is 2.49. The highest BCUT2D eigenvalue weighted by Crippen LogP contribution is 2.24. The number of hydrogen-bond donors (Lipinski definition) is 1. The van der Waals surface area contributed by atoms with Crippen LogP contribution >= 0.6 is 22.6 Å². The van der Waals surface area contributed by atoms with Crippen molar-refractivity contribution < 1.29 is 14.3 Å². The van der Waals surface area contributed by atoms with Crippen LogP contribution in [0.5, 0.6) is 0 Å². The predicted molar refractivity (Wildman–Crippen MR) is 55.9 cm³/mol. The number of aromatic carboxylic acids is 1. The predicted octanol–water partition coefficient (Wildman–Crippen LogP) is 2.74. The first-order chi connectivity index (χ1) is 6.18. The van der Waals surface area contributed by atoms with Gasteiger partial charge < -0.3 is 9.52 Å². The van der Waals surface area contributed by atoms with Crippen LogP contribution in [-0.2, 0) is 0 Å². The first-order valence-electron chi connectivity index (χ1n) is 3.60. The van der Waals surface area contributed by atoms with E-state index in [1.807, 2.05) is 12.1 Å². The fourth-order valence-corrected chi connectivity index (χ4v) is 1.76. The first kappa shape index (κ1) is 8.55. The van der Waals surface area contributed by atoms with E-state index in [1.165, 1.54) is 0 Å². The minimum absolute atomic E-state index is 0.0147. The Morgan fingerprint density at radius 2 is 2.23 bits per heavy atom. The van der Waals surface area contributed by atoms with E-state index < -0.39 is 5.97 Å². The van der Waals surface area contributed by atoms with Gasteiger partial charge in [-0.15, -0.1) is 0 Å². The Hall–Kier alpha value is -1.04. The quantitative estimate of drug-likeness (QED) is 0.821. The van der Waals surface area contributed by atoms with Gasteiger partial charge in [0, 0.05) is 15.0 Å². The number of halogens is 1. The van der Waals surface area contributed by atoms with Crippen molar-refractivity contribution in [2.24, 2.45) is 0 Å². The smallest absolute Gasteiger partial charge is 0.371 e. The van der Waals surface area contributed by atoms with Crippen LogP contribution < -0.4 is 0 Å². The fraction of sp³-hybridized carbons (Fsp3) is 0. The summed E-state index contributed by atoms with van der Waals surface area (Å²) in [5, 5.41) is 9.53.